The lowest BCUT2D eigenvalue weighted by molar-refractivity contribution is -0.112. The molecule has 0 saturated heterocycles. The van der Waals surface area contributed by atoms with Crippen LogP contribution in [0.25, 0.3) is 5.69 Å². The number of amides is 1. The average Bonchev–Trinajstić information content (AvgIpc) is 3.05. The van der Waals surface area contributed by atoms with Gasteiger partial charge in [-0.1, -0.05) is 29.8 Å². The third kappa shape index (κ3) is 6.35. The van der Waals surface area contributed by atoms with E-state index in [9.17, 15) is 35.5 Å². The normalized spacial score (nSPS) is 12.2. The minimum absolute atomic E-state index is 0.0126. The SMILES string of the molecule is C=C(Br)C(=O)Nc1ccc(S(=O)(=O)O)c(N=Nc2c(C)[nH]n(-c3cc(Cl)c(S(=O)(=O)O)cc3Cl)c2=O)c1. The van der Waals surface area contributed by atoms with Crippen molar-refractivity contribution in [2.75, 3.05) is 5.32 Å². The van der Waals surface area contributed by atoms with Crippen LogP contribution in [0.1, 0.15) is 5.69 Å². The highest BCUT2D eigenvalue weighted by atomic mass is 79.9. The second-order valence-electron chi connectivity index (χ2n) is 7.15. The third-order valence-corrected chi connectivity index (χ3v) is 7.44. The Kier molecular flexibility index (Phi) is 8.13. The molecule has 0 bridgehead atoms. The number of aryl methyl sites for hydroxylation is 1. The number of rotatable bonds is 7. The lowest BCUT2D eigenvalue weighted by Crippen LogP contribution is -2.15. The van der Waals surface area contributed by atoms with Gasteiger partial charge >= 0.3 is 0 Å². The van der Waals surface area contributed by atoms with E-state index in [2.05, 4.69) is 43.2 Å². The lowest BCUT2D eigenvalue weighted by atomic mass is 10.3. The summed E-state index contributed by atoms with van der Waals surface area (Å²) in [6.07, 6.45) is 0. The summed E-state index contributed by atoms with van der Waals surface area (Å²) in [4.78, 5) is 23.5. The zero-order valence-electron chi connectivity index (χ0n) is 18.2. The Morgan fingerprint density at radius 2 is 1.68 bits per heavy atom. The van der Waals surface area contributed by atoms with Crippen molar-refractivity contribution in [1.82, 2.24) is 9.78 Å². The van der Waals surface area contributed by atoms with E-state index in [4.69, 9.17) is 23.2 Å². The molecule has 0 aliphatic rings. The van der Waals surface area contributed by atoms with Crippen molar-refractivity contribution in [3.63, 3.8) is 0 Å². The molecule has 2 aromatic carbocycles. The van der Waals surface area contributed by atoms with Gasteiger partial charge in [-0.25, -0.2) is 4.68 Å². The molecule has 0 atom stereocenters. The summed E-state index contributed by atoms with van der Waals surface area (Å²) < 4.78 is 66.1. The molecule has 4 N–H and O–H groups in total. The summed E-state index contributed by atoms with van der Waals surface area (Å²) in [6, 6.07) is 5.11. The van der Waals surface area contributed by atoms with E-state index >= 15 is 0 Å². The summed E-state index contributed by atoms with van der Waals surface area (Å²) >= 11 is 14.9. The second-order valence-corrected chi connectivity index (χ2v) is 11.7. The molecule has 0 radical (unpaired) electrons. The summed E-state index contributed by atoms with van der Waals surface area (Å²) in [5, 5.41) is 11.9. The van der Waals surface area contributed by atoms with Crippen LogP contribution in [0.3, 0.4) is 0 Å². The molecule has 1 aromatic heterocycles. The number of nitrogens with one attached hydrogen (secondary N) is 2. The molecule has 3 aromatic rings. The third-order valence-electron chi connectivity index (χ3n) is 4.56. The van der Waals surface area contributed by atoms with Crippen LogP contribution in [0.5, 0.6) is 0 Å². The molecular weight excluding hydrogens is 641 g/mol. The fourth-order valence-electron chi connectivity index (χ4n) is 2.91. The Labute approximate surface area is 227 Å². The maximum absolute atomic E-state index is 13.0. The van der Waals surface area contributed by atoms with Gasteiger partial charge in [0.1, 0.15) is 15.5 Å². The molecule has 1 heterocycles. The Hall–Kier alpha value is -2.86. The minimum Gasteiger partial charge on any atom is -0.321 e. The van der Waals surface area contributed by atoms with Gasteiger partial charge in [0.2, 0.25) is 0 Å². The molecular formula is C19H14BrCl2N5O8S2. The van der Waals surface area contributed by atoms with E-state index in [1.165, 1.54) is 13.0 Å². The van der Waals surface area contributed by atoms with Gasteiger partial charge in [-0.2, -0.15) is 16.8 Å². The smallest absolute Gasteiger partial charge is 0.299 e. The van der Waals surface area contributed by atoms with Gasteiger partial charge in [0.05, 0.1) is 25.9 Å². The van der Waals surface area contributed by atoms with Gasteiger partial charge in [0, 0.05) is 5.69 Å². The first-order valence-corrected chi connectivity index (χ1v) is 13.9. The van der Waals surface area contributed by atoms with Crippen LogP contribution >= 0.6 is 39.1 Å². The topological polar surface area (TPSA) is 200 Å². The molecule has 0 fully saturated rings. The number of azo groups is 1. The van der Waals surface area contributed by atoms with Gasteiger partial charge in [-0.05, 0) is 53.2 Å². The fraction of sp³-hybridized carbons (Fsp3) is 0.0526. The monoisotopic (exact) mass is 653 g/mol. The van der Waals surface area contributed by atoms with Gasteiger partial charge in [0.15, 0.2) is 5.69 Å². The number of carbonyl (C=O) groups is 1. The molecule has 0 aliphatic heterocycles. The van der Waals surface area contributed by atoms with Crippen LogP contribution in [0.15, 0.2) is 66.2 Å². The van der Waals surface area contributed by atoms with E-state index < -0.39 is 52.2 Å². The predicted molar refractivity (Wildman–Crippen MR) is 138 cm³/mol. The maximum Gasteiger partial charge on any atom is 0.299 e. The van der Waals surface area contributed by atoms with Gasteiger partial charge in [0.25, 0.3) is 31.7 Å². The van der Waals surface area contributed by atoms with Crippen LogP contribution in [-0.2, 0) is 25.0 Å². The quantitative estimate of drug-likeness (QED) is 0.161. The standard InChI is InChI=1S/C19H14BrCl2N5O8S2/c1-8(20)18(28)23-10-3-4-15(36(30,31)32)13(5-10)24-25-17-9(2)26-27(19(17)29)14-6-12(22)16(7-11(14)21)37(33,34)35/h3-7,26H,1H2,2H3,(H,23,28)(H,30,31,32)(H,33,34,35). The highest BCUT2D eigenvalue weighted by Gasteiger charge is 2.22. The van der Waals surface area contributed by atoms with Crippen molar-refractivity contribution < 1.29 is 30.7 Å². The lowest BCUT2D eigenvalue weighted by Gasteiger charge is -2.08. The minimum atomic E-state index is -4.77. The summed E-state index contributed by atoms with van der Waals surface area (Å²) in [5.74, 6) is -0.637. The first kappa shape index (κ1) is 28.7. The molecule has 37 heavy (non-hydrogen) atoms. The van der Waals surface area contributed by atoms with Crippen molar-refractivity contribution in [2.24, 2.45) is 10.2 Å². The van der Waals surface area contributed by atoms with Gasteiger partial charge in [-0.3, -0.25) is 23.8 Å². The summed E-state index contributed by atoms with van der Waals surface area (Å²) in [7, 11) is -9.46. The molecule has 0 spiro atoms. The van der Waals surface area contributed by atoms with Crippen LogP contribution in [-0.4, -0.2) is 41.6 Å². The molecule has 196 valence electrons. The van der Waals surface area contributed by atoms with Gasteiger partial charge < -0.3 is 5.32 Å². The van der Waals surface area contributed by atoms with Crippen molar-refractivity contribution in [3.8, 4) is 5.69 Å². The number of benzene rings is 2. The number of carbonyl (C=O) groups excluding carboxylic acids is 1. The summed E-state index contributed by atoms with van der Waals surface area (Å²) in [6.45, 7) is 4.83. The second kappa shape index (κ2) is 10.5. The van der Waals surface area contributed by atoms with E-state index in [-0.39, 0.29) is 32.3 Å². The predicted octanol–water partition coefficient (Wildman–Crippen LogP) is 4.54. The van der Waals surface area contributed by atoms with E-state index in [1.54, 1.807) is 0 Å². The molecule has 3 rings (SSSR count). The van der Waals surface area contributed by atoms with E-state index in [0.717, 1.165) is 28.9 Å². The molecule has 13 nitrogen and oxygen atoms in total. The van der Waals surface area contributed by atoms with E-state index in [1.807, 2.05) is 0 Å². The number of aromatic amines is 1. The highest BCUT2D eigenvalue weighted by molar-refractivity contribution is 9.12. The zero-order valence-corrected chi connectivity index (χ0v) is 23.0. The largest absolute Gasteiger partial charge is 0.321 e. The Morgan fingerprint density at radius 3 is 2.24 bits per heavy atom. The number of hydrogen-bond acceptors (Lipinski definition) is 8. The zero-order chi connectivity index (χ0) is 27.9. The molecule has 0 unspecified atom stereocenters. The van der Waals surface area contributed by atoms with Gasteiger partial charge in [-0.15, -0.1) is 10.2 Å². The first-order valence-electron chi connectivity index (χ1n) is 9.48. The van der Waals surface area contributed by atoms with E-state index in [0.29, 0.717) is 0 Å². The van der Waals surface area contributed by atoms with Crippen LogP contribution in [0, 0.1) is 6.92 Å². The summed E-state index contributed by atoms with van der Waals surface area (Å²) in [5.41, 5.74) is -1.44. The van der Waals surface area contributed by atoms with Crippen LogP contribution < -0.4 is 10.9 Å². The number of halogens is 3. The Morgan fingerprint density at radius 1 is 1.05 bits per heavy atom. The van der Waals surface area contributed by atoms with Crippen LogP contribution in [0.2, 0.25) is 10.0 Å². The number of hydrogen-bond donors (Lipinski definition) is 4. The molecule has 0 aliphatic carbocycles. The average molecular weight is 655 g/mol. The number of anilines is 1. The number of aromatic nitrogens is 2. The number of H-pyrrole nitrogens is 1. The maximum atomic E-state index is 13.0. The van der Waals surface area contributed by atoms with Crippen molar-refractivity contribution >= 4 is 82.3 Å². The van der Waals surface area contributed by atoms with Crippen molar-refractivity contribution in [1.29, 1.82) is 0 Å². The highest BCUT2D eigenvalue weighted by Crippen LogP contribution is 2.32. The van der Waals surface area contributed by atoms with Crippen molar-refractivity contribution in [3.05, 3.63) is 67.5 Å². The Bertz CT molecular complexity index is 1770. The molecule has 0 saturated carbocycles. The van der Waals surface area contributed by atoms with Crippen LogP contribution in [0.4, 0.5) is 17.1 Å². The van der Waals surface area contributed by atoms with Crippen molar-refractivity contribution in [2.45, 2.75) is 16.7 Å². The first-order chi connectivity index (χ1) is 17.0. The Balaban J connectivity index is 2.11. The molecule has 18 heteroatoms. The molecule has 1 amide bonds. The number of nitrogens with zero attached hydrogens (tertiary/aromatic N) is 3. The fourth-order valence-corrected chi connectivity index (χ4v) is 4.95.